The first-order valence-corrected chi connectivity index (χ1v) is 8.51. The molecule has 7 nitrogen and oxygen atoms in total. The third kappa shape index (κ3) is 3.61. The first-order valence-electron chi connectivity index (χ1n) is 7.03. The van der Waals surface area contributed by atoms with Gasteiger partial charge in [-0.05, 0) is 36.4 Å². The van der Waals surface area contributed by atoms with Gasteiger partial charge in [-0.2, -0.15) is 5.10 Å². The highest BCUT2D eigenvalue weighted by Gasteiger charge is 2.14. The second-order valence-corrected chi connectivity index (χ2v) is 6.60. The highest BCUT2D eigenvalue weighted by atomic mass is 32.2. The molecule has 8 heteroatoms. The van der Waals surface area contributed by atoms with Gasteiger partial charge in [-0.15, -0.1) is 0 Å². The van der Waals surface area contributed by atoms with Gasteiger partial charge in [-0.25, -0.2) is 8.42 Å². The second kappa shape index (κ2) is 6.55. The monoisotopic (exact) mass is 342 g/mol. The average molecular weight is 342 g/mol. The Labute approximate surface area is 138 Å². The quantitative estimate of drug-likeness (QED) is 0.662. The van der Waals surface area contributed by atoms with Crippen LogP contribution in [0.15, 0.2) is 71.8 Å². The third-order valence-electron chi connectivity index (χ3n) is 3.20. The molecule has 3 N–H and O–H groups in total. The van der Waals surface area contributed by atoms with E-state index in [-0.39, 0.29) is 10.8 Å². The maximum atomic E-state index is 12.2. The number of hydrogen-bond donors (Lipinski definition) is 3. The lowest BCUT2D eigenvalue weighted by atomic mass is 10.2. The fourth-order valence-electron chi connectivity index (χ4n) is 2.02. The summed E-state index contributed by atoms with van der Waals surface area (Å²) in [6.07, 6.45) is 1.52. The van der Waals surface area contributed by atoms with Crippen molar-refractivity contribution in [2.24, 2.45) is 0 Å². The predicted molar refractivity (Wildman–Crippen MR) is 90.2 cm³/mol. The van der Waals surface area contributed by atoms with Gasteiger partial charge in [0.2, 0.25) is 0 Å². The van der Waals surface area contributed by atoms with E-state index >= 15 is 0 Å². The van der Waals surface area contributed by atoms with Crippen LogP contribution in [0.1, 0.15) is 10.4 Å². The van der Waals surface area contributed by atoms with E-state index in [0.29, 0.717) is 17.1 Å². The van der Waals surface area contributed by atoms with E-state index in [0.717, 1.165) is 0 Å². The van der Waals surface area contributed by atoms with Crippen molar-refractivity contribution in [1.29, 1.82) is 0 Å². The Morgan fingerprint density at radius 1 is 0.958 bits per heavy atom. The molecule has 0 aliphatic carbocycles. The number of rotatable bonds is 5. The highest BCUT2D eigenvalue weighted by Crippen LogP contribution is 2.17. The molecule has 122 valence electrons. The number of hydrogen-bond acceptors (Lipinski definition) is 4. The molecule has 0 aliphatic rings. The Morgan fingerprint density at radius 2 is 1.67 bits per heavy atom. The molecular weight excluding hydrogens is 328 g/mol. The maximum Gasteiger partial charge on any atom is 0.261 e. The molecule has 2 aromatic carbocycles. The highest BCUT2D eigenvalue weighted by molar-refractivity contribution is 7.92. The minimum Gasteiger partial charge on any atom is -0.307 e. The van der Waals surface area contributed by atoms with Gasteiger partial charge in [0.1, 0.15) is 5.82 Å². The summed E-state index contributed by atoms with van der Waals surface area (Å²) >= 11 is 0. The van der Waals surface area contributed by atoms with Crippen molar-refractivity contribution in [2.45, 2.75) is 4.90 Å². The lowest BCUT2D eigenvalue weighted by molar-refractivity contribution is 0.102. The topological polar surface area (TPSA) is 104 Å². The van der Waals surface area contributed by atoms with E-state index in [9.17, 15) is 13.2 Å². The third-order valence-corrected chi connectivity index (χ3v) is 4.60. The number of sulfonamides is 1. The summed E-state index contributed by atoms with van der Waals surface area (Å²) in [6, 6.07) is 15.8. The summed E-state index contributed by atoms with van der Waals surface area (Å²) in [4.78, 5) is 12.2. The number of aromatic amines is 1. The van der Waals surface area contributed by atoms with Gasteiger partial charge in [0.05, 0.1) is 11.1 Å². The normalized spacial score (nSPS) is 11.0. The van der Waals surface area contributed by atoms with Crippen LogP contribution in [0.3, 0.4) is 0 Å². The lowest BCUT2D eigenvalue weighted by Gasteiger charge is -2.09. The Hall–Kier alpha value is -3.13. The van der Waals surface area contributed by atoms with Gasteiger partial charge in [0.25, 0.3) is 15.9 Å². The van der Waals surface area contributed by atoms with Gasteiger partial charge in [-0.3, -0.25) is 14.6 Å². The molecule has 0 saturated carbocycles. The van der Waals surface area contributed by atoms with E-state index in [2.05, 4.69) is 20.2 Å². The van der Waals surface area contributed by atoms with E-state index in [1.807, 2.05) is 0 Å². The number of nitrogens with one attached hydrogen (secondary N) is 3. The van der Waals surface area contributed by atoms with E-state index in [1.54, 1.807) is 24.3 Å². The Bertz CT molecular complexity index is 921. The number of nitrogens with zero attached hydrogens (tertiary/aromatic N) is 1. The molecule has 24 heavy (non-hydrogen) atoms. The van der Waals surface area contributed by atoms with Crippen molar-refractivity contribution in [3.05, 3.63) is 72.4 Å². The summed E-state index contributed by atoms with van der Waals surface area (Å²) in [5, 5.41) is 9.00. The van der Waals surface area contributed by atoms with Gasteiger partial charge < -0.3 is 5.32 Å². The summed E-state index contributed by atoms with van der Waals surface area (Å²) in [7, 11) is -3.65. The average Bonchev–Trinajstić information content (AvgIpc) is 3.09. The minimum atomic E-state index is -3.65. The number of aromatic nitrogens is 2. The van der Waals surface area contributed by atoms with E-state index < -0.39 is 10.0 Å². The molecule has 3 aromatic rings. The summed E-state index contributed by atoms with van der Waals surface area (Å²) in [5.74, 6) is 0.158. The number of H-pyrrole nitrogens is 1. The van der Waals surface area contributed by atoms with Crippen molar-refractivity contribution >= 4 is 27.4 Å². The molecule has 1 heterocycles. The molecule has 1 aromatic heterocycles. The van der Waals surface area contributed by atoms with Crippen LogP contribution in [-0.4, -0.2) is 24.5 Å². The number of anilines is 2. The zero-order valence-corrected chi connectivity index (χ0v) is 13.2. The lowest BCUT2D eigenvalue weighted by Crippen LogP contribution is -2.14. The Morgan fingerprint density at radius 3 is 2.29 bits per heavy atom. The first-order chi connectivity index (χ1) is 11.5. The Balaban J connectivity index is 1.72. The molecule has 0 radical (unpaired) electrons. The zero-order chi connectivity index (χ0) is 17.0. The van der Waals surface area contributed by atoms with Crippen LogP contribution < -0.4 is 10.0 Å². The van der Waals surface area contributed by atoms with Crippen LogP contribution in [-0.2, 0) is 10.0 Å². The molecule has 0 bridgehead atoms. The molecule has 0 fully saturated rings. The van der Waals surface area contributed by atoms with Gasteiger partial charge in [-0.1, -0.05) is 18.2 Å². The standard InChI is InChI=1S/C16H14N4O3S/c21-16(18-15-10-11-17-19-15)12-6-8-13(9-7-12)20-24(22,23)14-4-2-1-3-5-14/h1-11,20H,(H2,17,18,19,21). The second-order valence-electron chi connectivity index (χ2n) is 4.92. The van der Waals surface area contributed by atoms with Gasteiger partial charge >= 0.3 is 0 Å². The Kier molecular flexibility index (Phi) is 4.30. The smallest absolute Gasteiger partial charge is 0.261 e. The van der Waals surface area contributed by atoms with Crippen molar-refractivity contribution in [3.8, 4) is 0 Å². The zero-order valence-electron chi connectivity index (χ0n) is 12.4. The molecule has 0 atom stereocenters. The molecule has 0 unspecified atom stereocenters. The van der Waals surface area contributed by atoms with Crippen LogP contribution in [0.25, 0.3) is 0 Å². The predicted octanol–water partition coefficient (Wildman–Crippen LogP) is 2.46. The molecular formula is C16H14N4O3S. The fraction of sp³-hybridized carbons (Fsp3) is 0. The fourth-order valence-corrected chi connectivity index (χ4v) is 3.10. The number of amides is 1. The largest absolute Gasteiger partial charge is 0.307 e. The molecule has 0 aliphatic heterocycles. The van der Waals surface area contributed by atoms with Gasteiger partial charge in [0, 0.05) is 17.3 Å². The van der Waals surface area contributed by atoms with Gasteiger partial charge in [0.15, 0.2) is 0 Å². The number of benzene rings is 2. The summed E-state index contributed by atoms with van der Waals surface area (Å²) in [5.41, 5.74) is 0.768. The number of carbonyl (C=O) groups excluding carboxylic acids is 1. The molecule has 1 amide bonds. The van der Waals surface area contributed by atoms with Crippen LogP contribution in [0.5, 0.6) is 0 Å². The van der Waals surface area contributed by atoms with Crippen LogP contribution >= 0.6 is 0 Å². The van der Waals surface area contributed by atoms with Crippen molar-refractivity contribution < 1.29 is 13.2 Å². The summed E-state index contributed by atoms with van der Waals surface area (Å²) < 4.78 is 26.9. The van der Waals surface area contributed by atoms with Crippen LogP contribution in [0, 0.1) is 0 Å². The van der Waals surface area contributed by atoms with E-state index in [4.69, 9.17) is 0 Å². The molecule has 3 rings (SSSR count). The van der Waals surface area contributed by atoms with Crippen LogP contribution in [0.2, 0.25) is 0 Å². The minimum absolute atomic E-state index is 0.172. The first kappa shape index (κ1) is 15.8. The van der Waals surface area contributed by atoms with Crippen molar-refractivity contribution in [1.82, 2.24) is 10.2 Å². The van der Waals surface area contributed by atoms with Crippen molar-refractivity contribution in [3.63, 3.8) is 0 Å². The number of carbonyl (C=O) groups is 1. The van der Waals surface area contributed by atoms with Crippen LogP contribution in [0.4, 0.5) is 11.5 Å². The van der Waals surface area contributed by atoms with Crippen molar-refractivity contribution in [2.75, 3.05) is 10.0 Å². The SMILES string of the molecule is O=C(Nc1ccn[nH]1)c1ccc(NS(=O)(=O)c2ccccc2)cc1. The molecule has 0 saturated heterocycles. The maximum absolute atomic E-state index is 12.2. The van der Waals surface area contributed by atoms with E-state index in [1.165, 1.54) is 42.6 Å². The summed E-state index contributed by atoms with van der Waals surface area (Å²) in [6.45, 7) is 0. The molecule has 0 spiro atoms.